The SMILES string of the molecule is O=C/C=C/c1cccc([N+](=O)[O-])c1. The van der Waals surface area contributed by atoms with Crippen LogP contribution in [0.2, 0.25) is 0 Å². The van der Waals surface area contributed by atoms with Crippen LogP contribution < -0.4 is 0 Å². The summed E-state index contributed by atoms with van der Waals surface area (Å²) in [7, 11) is 0. The van der Waals surface area contributed by atoms with Gasteiger partial charge in [0, 0.05) is 12.1 Å². The second-order valence-electron chi connectivity index (χ2n) is 2.35. The van der Waals surface area contributed by atoms with Crippen molar-refractivity contribution in [2.75, 3.05) is 0 Å². The highest BCUT2D eigenvalue weighted by Gasteiger charge is 2.02. The Morgan fingerprint density at radius 2 is 2.15 bits per heavy atom. The zero-order chi connectivity index (χ0) is 9.68. The molecule has 1 aromatic carbocycles. The van der Waals surface area contributed by atoms with E-state index >= 15 is 0 Å². The van der Waals surface area contributed by atoms with Gasteiger partial charge in [0.15, 0.2) is 0 Å². The maximum atomic E-state index is 10.3. The second-order valence-corrected chi connectivity index (χ2v) is 2.35. The van der Waals surface area contributed by atoms with Crippen LogP contribution in [0.1, 0.15) is 5.56 Å². The maximum Gasteiger partial charge on any atom is 0.270 e. The van der Waals surface area contributed by atoms with Gasteiger partial charge in [-0.25, -0.2) is 0 Å². The number of nitrogens with zero attached hydrogens (tertiary/aromatic N) is 1. The number of carbonyl (C=O) groups is 1. The van der Waals surface area contributed by atoms with E-state index in [1.165, 1.54) is 24.3 Å². The average molecular weight is 177 g/mol. The van der Waals surface area contributed by atoms with E-state index in [0.717, 1.165) is 0 Å². The molecule has 4 nitrogen and oxygen atoms in total. The van der Waals surface area contributed by atoms with Gasteiger partial charge in [0.05, 0.1) is 4.92 Å². The van der Waals surface area contributed by atoms with E-state index in [-0.39, 0.29) is 5.69 Å². The molecule has 0 amide bonds. The third kappa shape index (κ3) is 2.52. The molecule has 0 N–H and O–H groups in total. The zero-order valence-electron chi connectivity index (χ0n) is 6.71. The van der Waals surface area contributed by atoms with E-state index in [0.29, 0.717) is 11.8 Å². The van der Waals surface area contributed by atoms with E-state index in [9.17, 15) is 14.9 Å². The van der Waals surface area contributed by atoms with Gasteiger partial charge < -0.3 is 0 Å². The van der Waals surface area contributed by atoms with E-state index in [2.05, 4.69) is 0 Å². The van der Waals surface area contributed by atoms with Crippen molar-refractivity contribution in [2.45, 2.75) is 0 Å². The van der Waals surface area contributed by atoms with Crippen LogP contribution in [-0.4, -0.2) is 11.2 Å². The summed E-state index contributed by atoms with van der Waals surface area (Å²) >= 11 is 0. The van der Waals surface area contributed by atoms with Gasteiger partial charge in [0.1, 0.15) is 6.29 Å². The van der Waals surface area contributed by atoms with Gasteiger partial charge in [-0.1, -0.05) is 18.2 Å². The minimum Gasteiger partial charge on any atom is -0.299 e. The fourth-order valence-electron chi connectivity index (χ4n) is 0.892. The number of nitro groups is 1. The Kier molecular flexibility index (Phi) is 2.92. The topological polar surface area (TPSA) is 60.2 Å². The van der Waals surface area contributed by atoms with Crippen LogP contribution in [0.4, 0.5) is 5.69 Å². The molecule has 13 heavy (non-hydrogen) atoms. The van der Waals surface area contributed by atoms with Crippen molar-refractivity contribution in [3.8, 4) is 0 Å². The summed E-state index contributed by atoms with van der Waals surface area (Å²) in [6.45, 7) is 0. The first-order chi connectivity index (χ1) is 6.24. The molecule has 66 valence electrons. The van der Waals surface area contributed by atoms with Crippen LogP contribution in [0, 0.1) is 10.1 Å². The Bertz CT molecular complexity index is 358. The summed E-state index contributed by atoms with van der Waals surface area (Å²) < 4.78 is 0. The molecule has 0 aromatic heterocycles. The normalized spacial score (nSPS) is 10.2. The molecule has 0 aliphatic rings. The van der Waals surface area contributed by atoms with Gasteiger partial charge in [-0.05, 0) is 11.6 Å². The first-order valence-electron chi connectivity index (χ1n) is 3.60. The van der Waals surface area contributed by atoms with Gasteiger partial charge in [-0.3, -0.25) is 14.9 Å². The lowest BCUT2D eigenvalue weighted by Gasteiger charge is -1.92. The van der Waals surface area contributed by atoms with Crippen molar-refractivity contribution < 1.29 is 9.72 Å². The molecule has 0 atom stereocenters. The summed E-state index contributed by atoms with van der Waals surface area (Å²) in [5.74, 6) is 0. The number of non-ortho nitro benzene ring substituents is 1. The molecule has 0 saturated carbocycles. The lowest BCUT2D eigenvalue weighted by molar-refractivity contribution is -0.384. The molecule has 0 unspecified atom stereocenters. The molecule has 1 rings (SSSR count). The number of allylic oxidation sites excluding steroid dienone is 1. The maximum absolute atomic E-state index is 10.3. The van der Waals surface area contributed by atoms with Crippen LogP contribution in [0.3, 0.4) is 0 Å². The average Bonchev–Trinajstić information content (AvgIpc) is 2.15. The molecular weight excluding hydrogens is 170 g/mol. The lowest BCUT2D eigenvalue weighted by atomic mass is 10.2. The Hall–Kier alpha value is -1.97. The smallest absolute Gasteiger partial charge is 0.270 e. The summed E-state index contributed by atoms with van der Waals surface area (Å²) in [6, 6.07) is 6.06. The number of benzene rings is 1. The predicted molar refractivity (Wildman–Crippen MR) is 48.2 cm³/mol. The monoisotopic (exact) mass is 177 g/mol. The van der Waals surface area contributed by atoms with Crippen molar-refractivity contribution in [2.24, 2.45) is 0 Å². The van der Waals surface area contributed by atoms with Crippen molar-refractivity contribution in [1.82, 2.24) is 0 Å². The quantitative estimate of drug-likeness (QED) is 0.306. The van der Waals surface area contributed by atoms with E-state index in [4.69, 9.17) is 0 Å². The molecule has 0 fully saturated rings. The highest BCUT2D eigenvalue weighted by atomic mass is 16.6. The highest BCUT2D eigenvalue weighted by molar-refractivity contribution is 5.74. The first kappa shape index (κ1) is 9.12. The first-order valence-corrected chi connectivity index (χ1v) is 3.60. The number of rotatable bonds is 3. The highest BCUT2D eigenvalue weighted by Crippen LogP contribution is 2.13. The third-order valence-corrected chi connectivity index (χ3v) is 1.45. The number of nitro benzene ring substituents is 1. The predicted octanol–water partition coefficient (Wildman–Crippen LogP) is 1.81. The van der Waals surface area contributed by atoms with Gasteiger partial charge in [-0.2, -0.15) is 0 Å². The molecular formula is C9H7NO3. The largest absolute Gasteiger partial charge is 0.299 e. The Balaban J connectivity index is 2.98. The van der Waals surface area contributed by atoms with Crippen molar-refractivity contribution in [3.05, 3.63) is 46.0 Å². The minimum atomic E-state index is -0.474. The van der Waals surface area contributed by atoms with Gasteiger partial charge >= 0.3 is 0 Å². The molecule has 4 heteroatoms. The lowest BCUT2D eigenvalue weighted by Crippen LogP contribution is -1.87. The number of hydrogen-bond donors (Lipinski definition) is 0. The molecule has 0 aliphatic carbocycles. The van der Waals surface area contributed by atoms with Crippen molar-refractivity contribution in [1.29, 1.82) is 0 Å². The summed E-state index contributed by atoms with van der Waals surface area (Å²) in [6.07, 6.45) is 3.43. The molecule has 0 spiro atoms. The Morgan fingerprint density at radius 3 is 2.77 bits per heavy atom. The van der Waals surface area contributed by atoms with Crippen LogP contribution in [0.5, 0.6) is 0 Å². The number of carbonyl (C=O) groups excluding carboxylic acids is 1. The van der Waals surface area contributed by atoms with Crippen molar-refractivity contribution in [3.63, 3.8) is 0 Å². The summed E-state index contributed by atoms with van der Waals surface area (Å²) in [5, 5.41) is 10.3. The van der Waals surface area contributed by atoms with Gasteiger partial charge in [0.25, 0.3) is 5.69 Å². The fourth-order valence-corrected chi connectivity index (χ4v) is 0.892. The van der Waals surface area contributed by atoms with Crippen LogP contribution >= 0.6 is 0 Å². The standard InChI is InChI=1S/C9H7NO3/c11-6-2-4-8-3-1-5-9(7-8)10(12)13/h1-7H/b4-2+. The van der Waals surface area contributed by atoms with Crippen LogP contribution in [0.25, 0.3) is 6.08 Å². The van der Waals surface area contributed by atoms with Crippen LogP contribution in [-0.2, 0) is 4.79 Å². The van der Waals surface area contributed by atoms with Crippen molar-refractivity contribution >= 4 is 18.0 Å². The van der Waals surface area contributed by atoms with Gasteiger partial charge in [0.2, 0.25) is 0 Å². The van der Waals surface area contributed by atoms with Crippen LogP contribution in [0.15, 0.2) is 30.3 Å². The zero-order valence-corrected chi connectivity index (χ0v) is 6.71. The summed E-state index contributed by atoms with van der Waals surface area (Å²) in [5.41, 5.74) is 0.661. The van der Waals surface area contributed by atoms with E-state index in [1.807, 2.05) is 0 Å². The summed E-state index contributed by atoms with van der Waals surface area (Å²) in [4.78, 5) is 19.8. The Labute approximate surface area is 74.7 Å². The van der Waals surface area contributed by atoms with E-state index < -0.39 is 4.92 Å². The third-order valence-electron chi connectivity index (χ3n) is 1.45. The number of hydrogen-bond acceptors (Lipinski definition) is 3. The Morgan fingerprint density at radius 1 is 1.38 bits per heavy atom. The second kappa shape index (κ2) is 4.15. The van der Waals surface area contributed by atoms with Gasteiger partial charge in [-0.15, -0.1) is 0 Å². The molecule has 0 radical (unpaired) electrons. The molecule has 0 aliphatic heterocycles. The molecule has 1 aromatic rings. The fraction of sp³-hybridized carbons (Fsp3) is 0. The number of aldehydes is 1. The molecule has 0 saturated heterocycles. The molecule has 0 heterocycles. The van der Waals surface area contributed by atoms with E-state index in [1.54, 1.807) is 12.1 Å². The molecule has 0 bridgehead atoms. The minimum absolute atomic E-state index is 0.0213.